The van der Waals surface area contributed by atoms with Crippen LogP contribution in [-0.2, 0) is 26.0 Å². The minimum absolute atomic E-state index is 0.373. The van der Waals surface area contributed by atoms with Gasteiger partial charge < -0.3 is 14.2 Å². The van der Waals surface area contributed by atoms with Crippen molar-refractivity contribution in [2.24, 2.45) is 5.92 Å². The number of hydrogen-bond acceptors (Lipinski definition) is 4. The SMILES string of the molecule is CC1=C(P(=S)(N2CCOCC2)N2CCOCC2)[C@H]2CCCC[C@H]2O1. The number of morpholine rings is 2. The van der Waals surface area contributed by atoms with Gasteiger partial charge in [0.25, 0.3) is 0 Å². The zero-order valence-electron chi connectivity index (χ0n) is 14.6. The summed E-state index contributed by atoms with van der Waals surface area (Å²) in [6, 6.07) is 0. The Hall–Kier alpha value is 0.0300. The molecule has 2 atom stereocenters. The highest BCUT2D eigenvalue weighted by atomic mass is 32.4. The Bertz CT molecular complexity index is 522. The van der Waals surface area contributed by atoms with Crippen molar-refractivity contribution in [1.82, 2.24) is 9.34 Å². The second-order valence-electron chi connectivity index (χ2n) is 7.16. The Balaban J connectivity index is 1.71. The summed E-state index contributed by atoms with van der Waals surface area (Å²) in [4.78, 5) is 0. The molecule has 0 aromatic heterocycles. The van der Waals surface area contributed by atoms with Crippen LogP contribution in [-0.4, -0.2) is 68.1 Å². The average molecular weight is 372 g/mol. The van der Waals surface area contributed by atoms with Crippen molar-refractivity contribution in [1.29, 1.82) is 0 Å². The predicted molar refractivity (Wildman–Crippen MR) is 98.6 cm³/mol. The number of ether oxygens (including phenoxy) is 3. The summed E-state index contributed by atoms with van der Waals surface area (Å²) in [6.07, 6.45) is 3.43. The van der Waals surface area contributed by atoms with Gasteiger partial charge in [-0.3, -0.25) is 9.34 Å². The predicted octanol–water partition coefficient (Wildman–Crippen LogP) is 2.78. The molecule has 7 heteroatoms. The molecule has 3 aliphatic heterocycles. The zero-order valence-corrected chi connectivity index (χ0v) is 16.3. The molecule has 4 rings (SSSR count). The summed E-state index contributed by atoms with van der Waals surface area (Å²) in [5.74, 6) is 1.67. The maximum absolute atomic E-state index is 6.56. The quantitative estimate of drug-likeness (QED) is 0.709. The maximum Gasteiger partial charge on any atom is 0.107 e. The molecule has 5 nitrogen and oxygen atoms in total. The van der Waals surface area contributed by atoms with Crippen LogP contribution in [0, 0.1) is 5.92 Å². The molecule has 0 spiro atoms. The van der Waals surface area contributed by atoms with Crippen LogP contribution in [0.3, 0.4) is 0 Å². The standard InChI is InChI=1S/C17H29N2O3PS/c1-14-17(15-4-2-3-5-16(15)22-14)23(24,18-6-10-20-11-7-18)19-8-12-21-13-9-19/h15-16H,2-13H2,1H3/t15-,16+/m0/s1. The third kappa shape index (κ3) is 3.00. The zero-order chi connectivity index (χ0) is 16.6. The van der Waals surface area contributed by atoms with Crippen molar-refractivity contribution in [3.63, 3.8) is 0 Å². The molecule has 1 aliphatic carbocycles. The minimum atomic E-state index is -1.97. The van der Waals surface area contributed by atoms with E-state index in [4.69, 9.17) is 26.0 Å². The fourth-order valence-electron chi connectivity index (χ4n) is 4.65. The number of nitrogens with zero attached hydrogens (tertiary/aromatic N) is 2. The van der Waals surface area contributed by atoms with Crippen molar-refractivity contribution in [3.05, 3.63) is 11.1 Å². The van der Waals surface area contributed by atoms with Crippen LogP contribution in [0.25, 0.3) is 0 Å². The molecule has 0 bridgehead atoms. The van der Waals surface area contributed by atoms with Gasteiger partial charge in [0.2, 0.25) is 0 Å². The lowest BCUT2D eigenvalue weighted by Gasteiger charge is -2.47. The van der Waals surface area contributed by atoms with Gasteiger partial charge in [-0.15, -0.1) is 0 Å². The lowest BCUT2D eigenvalue weighted by molar-refractivity contribution is 0.0580. The van der Waals surface area contributed by atoms with Crippen LogP contribution in [0.4, 0.5) is 0 Å². The highest BCUT2D eigenvalue weighted by molar-refractivity contribution is 8.14. The molecule has 4 aliphatic rings. The highest BCUT2D eigenvalue weighted by Crippen LogP contribution is 2.67. The van der Waals surface area contributed by atoms with E-state index in [1.54, 1.807) is 0 Å². The molecular weight excluding hydrogens is 343 g/mol. The van der Waals surface area contributed by atoms with E-state index in [2.05, 4.69) is 16.3 Å². The molecule has 0 aromatic carbocycles. The summed E-state index contributed by atoms with van der Waals surface area (Å²) in [7, 11) is 0. The summed E-state index contributed by atoms with van der Waals surface area (Å²) in [5, 5.41) is 1.48. The van der Waals surface area contributed by atoms with Crippen LogP contribution in [0.5, 0.6) is 0 Å². The van der Waals surface area contributed by atoms with Crippen LogP contribution in [0.2, 0.25) is 0 Å². The van der Waals surface area contributed by atoms with E-state index in [1.165, 1.54) is 31.0 Å². The van der Waals surface area contributed by atoms with Crippen LogP contribution in [0.15, 0.2) is 11.1 Å². The van der Waals surface area contributed by atoms with E-state index in [0.717, 1.165) is 58.4 Å². The first kappa shape index (κ1) is 17.4. The Morgan fingerprint density at radius 3 is 2.04 bits per heavy atom. The maximum atomic E-state index is 6.56. The van der Waals surface area contributed by atoms with Gasteiger partial charge >= 0.3 is 0 Å². The van der Waals surface area contributed by atoms with E-state index >= 15 is 0 Å². The number of hydrogen-bond donors (Lipinski definition) is 0. The molecule has 0 N–H and O–H groups in total. The van der Waals surface area contributed by atoms with E-state index < -0.39 is 6.34 Å². The molecule has 3 fully saturated rings. The highest BCUT2D eigenvalue weighted by Gasteiger charge is 2.48. The Kier molecular flexibility index (Phi) is 5.33. The molecule has 3 heterocycles. The lowest BCUT2D eigenvalue weighted by atomic mass is 9.87. The van der Waals surface area contributed by atoms with Crippen molar-refractivity contribution >= 4 is 18.1 Å². The topological polar surface area (TPSA) is 34.2 Å². The summed E-state index contributed by atoms with van der Waals surface area (Å²) in [5.41, 5.74) is 0. The van der Waals surface area contributed by atoms with Gasteiger partial charge in [0.05, 0.1) is 26.4 Å². The fourth-order valence-corrected chi connectivity index (χ4v) is 9.99. The average Bonchev–Trinajstić information content (AvgIpc) is 2.99. The molecule has 2 saturated heterocycles. The molecule has 0 aromatic rings. The summed E-state index contributed by atoms with van der Waals surface area (Å²) >= 11 is 6.56. The second kappa shape index (κ2) is 7.34. The lowest BCUT2D eigenvalue weighted by Crippen LogP contribution is -2.44. The van der Waals surface area contributed by atoms with E-state index in [-0.39, 0.29) is 0 Å². The molecule has 0 radical (unpaired) electrons. The Labute approximate surface area is 150 Å². The summed E-state index contributed by atoms with van der Waals surface area (Å²) < 4.78 is 22.7. The first-order valence-corrected chi connectivity index (χ1v) is 12.1. The third-order valence-electron chi connectivity index (χ3n) is 5.80. The van der Waals surface area contributed by atoms with Gasteiger partial charge in [0.1, 0.15) is 18.2 Å². The van der Waals surface area contributed by atoms with Gasteiger partial charge in [-0.05, 0) is 26.2 Å². The number of rotatable bonds is 3. The summed E-state index contributed by atoms with van der Waals surface area (Å²) in [6.45, 7) is 9.13. The van der Waals surface area contributed by atoms with Gasteiger partial charge in [-0.1, -0.05) is 18.2 Å². The third-order valence-corrected chi connectivity index (χ3v) is 11.4. The molecule has 0 amide bonds. The van der Waals surface area contributed by atoms with Crippen LogP contribution >= 0.6 is 6.34 Å². The van der Waals surface area contributed by atoms with E-state index in [9.17, 15) is 0 Å². The Morgan fingerprint density at radius 2 is 1.46 bits per heavy atom. The van der Waals surface area contributed by atoms with Gasteiger partial charge in [-0.25, -0.2) is 0 Å². The number of fused-ring (bicyclic) bond motifs is 1. The molecule has 1 saturated carbocycles. The van der Waals surface area contributed by atoms with Crippen molar-refractivity contribution in [2.75, 3.05) is 52.6 Å². The molecule has 136 valence electrons. The normalized spacial score (nSPS) is 33.4. The van der Waals surface area contributed by atoms with Crippen molar-refractivity contribution in [3.8, 4) is 0 Å². The Morgan fingerprint density at radius 1 is 0.917 bits per heavy atom. The smallest absolute Gasteiger partial charge is 0.107 e. The fraction of sp³-hybridized carbons (Fsp3) is 0.882. The monoisotopic (exact) mass is 372 g/mol. The van der Waals surface area contributed by atoms with E-state index in [1.807, 2.05) is 0 Å². The molecule has 24 heavy (non-hydrogen) atoms. The van der Waals surface area contributed by atoms with Crippen molar-refractivity contribution < 1.29 is 14.2 Å². The minimum Gasteiger partial charge on any atom is -0.494 e. The first-order chi connectivity index (χ1) is 11.7. The van der Waals surface area contributed by atoms with E-state index in [0.29, 0.717) is 12.0 Å². The van der Waals surface area contributed by atoms with Crippen LogP contribution < -0.4 is 0 Å². The van der Waals surface area contributed by atoms with Crippen molar-refractivity contribution in [2.45, 2.75) is 38.7 Å². The largest absolute Gasteiger partial charge is 0.494 e. The van der Waals surface area contributed by atoms with Crippen LogP contribution in [0.1, 0.15) is 32.6 Å². The van der Waals surface area contributed by atoms with Gasteiger partial charge in [0.15, 0.2) is 0 Å². The number of allylic oxidation sites excluding steroid dienone is 1. The molecule has 0 unspecified atom stereocenters. The second-order valence-corrected chi connectivity index (χ2v) is 11.4. The van der Waals surface area contributed by atoms with Gasteiger partial charge in [0, 0.05) is 37.4 Å². The molecular formula is C17H29N2O3PS. The first-order valence-electron chi connectivity index (χ1n) is 9.35. The van der Waals surface area contributed by atoms with Gasteiger partial charge in [-0.2, -0.15) is 0 Å².